The first kappa shape index (κ1) is 18.5. The summed E-state index contributed by atoms with van der Waals surface area (Å²) in [6.45, 7) is 7.90. The van der Waals surface area contributed by atoms with E-state index >= 15 is 0 Å². The molecule has 7 heteroatoms. The van der Waals surface area contributed by atoms with Crippen LogP contribution in [-0.4, -0.2) is 17.0 Å². The molecule has 0 saturated carbocycles. The minimum atomic E-state index is -0.380. The predicted molar refractivity (Wildman–Crippen MR) is 91.8 cm³/mol. The maximum Gasteiger partial charge on any atom is 0.269 e. The van der Waals surface area contributed by atoms with Gasteiger partial charge in [-0.05, 0) is 44.0 Å². The summed E-state index contributed by atoms with van der Waals surface area (Å²) < 4.78 is 10.8. The van der Waals surface area contributed by atoms with E-state index in [-0.39, 0.29) is 17.7 Å². The van der Waals surface area contributed by atoms with Crippen molar-refractivity contribution in [1.82, 2.24) is 16.0 Å². The van der Waals surface area contributed by atoms with Gasteiger partial charge in [0, 0.05) is 12.0 Å². The van der Waals surface area contributed by atoms with E-state index in [2.05, 4.69) is 16.0 Å². The molecule has 2 N–H and O–H groups in total. The van der Waals surface area contributed by atoms with Crippen molar-refractivity contribution in [3.05, 3.63) is 46.8 Å². The normalized spacial score (nSPS) is 10.6. The summed E-state index contributed by atoms with van der Waals surface area (Å²) in [6, 6.07) is 6.66. The lowest BCUT2D eigenvalue weighted by Gasteiger charge is -2.10. The molecule has 0 spiro atoms. The van der Waals surface area contributed by atoms with E-state index in [0.29, 0.717) is 24.3 Å². The summed E-state index contributed by atoms with van der Waals surface area (Å²) in [5, 5.41) is 3.88. The molecule has 25 heavy (non-hydrogen) atoms. The number of nitrogens with one attached hydrogen (secondary N) is 2. The lowest BCUT2D eigenvalue weighted by Crippen LogP contribution is -2.41. The van der Waals surface area contributed by atoms with Gasteiger partial charge in [-0.15, -0.1) is 0 Å². The minimum Gasteiger partial charge on any atom is -0.489 e. The highest BCUT2D eigenvalue weighted by molar-refractivity contribution is 5.95. The highest BCUT2D eigenvalue weighted by atomic mass is 16.5. The van der Waals surface area contributed by atoms with Gasteiger partial charge in [-0.2, -0.15) is 0 Å². The zero-order chi connectivity index (χ0) is 18.4. The van der Waals surface area contributed by atoms with Crippen LogP contribution in [0.2, 0.25) is 0 Å². The molecule has 0 fully saturated rings. The molecular weight excluding hydrogens is 322 g/mol. The fourth-order valence-electron chi connectivity index (χ4n) is 2.19. The molecule has 2 amide bonds. The Balaban J connectivity index is 1.86. The number of carbonyl (C=O) groups is 2. The van der Waals surface area contributed by atoms with Crippen LogP contribution in [0.1, 0.15) is 47.6 Å². The Labute approximate surface area is 146 Å². The molecule has 0 bridgehead atoms. The average molecular weight is 345 g/mol. The number of benzene rings is 1. The number of aromatic nitrogens is 1. The Hall–Kier alpha value is -2.83. The van der Waals surface area contributed by atoms with Crippen LogP contribution in [0.4, 0.5) is 0 Å². The first-order valence-electron chi connectivity index (χ1n) is 8.10. The van der Waals surface area contributed by atoms with Crippen molar-refractivity contribution in [2.75, 3.05) is 0 Å². The van der Waals surface area contributed by atoms with E-state index in [0.717, 1.165) is 17.0 Å². The van der Waals surface area contributed by atoms with Gasteiger partial charge in [0.25, 0.3) is 5.91 Å². The van der Waals surface area contributed by atoms with Crippen LogP contribution in [0.3, 0.4) is 0 Å². The fraction of sp³-hybridized carbons (Fsp3) is 0.389. The lowest BCUT2D eigenvalue weighted by molar-refractivity contribution is -0.122. The second-order valence-electron chi connectivity index (χ2n) is 6.22. The number of carbonyl (C=O) groups excluding carboxylic acids is 2. The molecule has 134 valence electrons. The Morgan fingerprint density at radius 3 is 2.40 bits per heavy atom. The Bertz CT molecular complexity index is 716. The van der Waals surface area contributed by atoms with Crippen LogP contribution in [0.5, 0.6) is 5.75 Å². The van der Waals surface area contributed by atoms with Gasteiger partial charge in [0.1, 0.15) is 18.1 Å². The molecule has 2 aromatic rings. The van der Waals surface area contributed by atoms with E-state index < -0.39 is 0 Å². The van der Waals surface area contributed by atoms with Crippen molar-refractivity contribution in [3.63, 3.8) is 0 Å². The second kappa shape index (κ2) is 8.32. The minimum absolute atomic E-state index is 0.220. The molecular formula is C18H23N3O4. The topological polar surface area (TPSA) is 93.5 Å². The Kier molecular flexibility index (Phi) is 6.16. The number of amides is 2. The number of hydrogen-bond acceptors (Lipinski definition) is 5. The van der Waals surface area contributed by atoms with Crippen LogP contribution >= 0.6 is 0 Å². The zero-order valence-electron chi connectivity index (χ0n) is 14.9. The summed E-state index contributed by atoms with van der Waals surface area (Å²) in [5.74, 6) is 0.981. The number of ether oxygens (including phenoxy) is 1. The number of aryl methyl sites for hydroxylation is 2. The van der Waals surface area contributed by atoms with E-state index in [4.69, 9.17) is 9.26 Å². The van der Waals surface area contributed by atoms with Gasteiger partial charge < -0.3 is 9.26 Å². The predicted octanol–water partition coefficient (Wildman–Crippen LogP) is 2.68. The van der Waals surface area contributed by atoms with Crippen LogP contribution in [0, 0.1) is 19.8 Å². The molecule has 2 rings (SSSR count). The van der Waals surface area contributed by atoms with E-state index in [1.54, 1.807) is 24.3 Å². The number of nitrogens with zero attached hydrogens (tertiary/aromatic N) is 1. The van der Waals surface area contributed by atoms with Crippen molar-refractivity contribution in [3.8, 4) is 5.75 Å². The average Bonchev–Trinajstić information content (AvgIpc) is 2.89. The van der Waals surface area contributed by atoms with E-state index in [9.17, 15) is 9.59 Å². The summed E-state index contributed by atoms with van der Waals surface area (Å²) in [5.41, 5.74) is 6.92. The molecule has 0 radical (unpaired) electrons. The van der Waals surface area contributed by atoms with E-state index in [1.807, 2.05) is 27.7 Å². The smallest absolute Gasteiger partial charge is 0.269 e. The van der Waals surface area contributed by atoms with Crippen molar-refractivity contribution in [1.29, 1.82) is 0 Å². The van der Waals surface area contributed by atoms with Crippen molar-refractivity contribution >= 4 is 11.8 Å². The molecule has 0 unspecified atom stereocenters. The van der Waals surface area contributed by atoms with Gasteiger partial charge in [-0.25, -0.2) is 0 Å². The van der Waals surface area contributed by atoms with Gasteiger partial charge in [0.05, 0.1) is 11.3 Å². The first-order valence-corrected chi connectivity index (χ1v) is 8.10. The summed E-state index contributed by atoms with van der Waals surface area (Å²) in [6.07, 6.45) is 0.356. The largest absolute Gasteiger partial charge is 0.489 e. The molecule has 0 atom stereocenters. The van der Waals surface area contributed by atoms with Crippen molar-refractivity contribution < 1.29 is 18.8 Å². The summed E-state index contributed by atoms with van der Waals surface area (Å²) in [4.78, 5) is 23.5. The molecule has 1 heterocycles. The highest BCUT2D eigenvalue weighted by Crippen LogP contribution is 2.17. The maximum absolute atomic E-state index is 12.0. The van der Waals surface area contributed by atoms with Crippen molar-refractivity contribution in [2.24, 2.45) is 5.92 Å². The van der Waals surface area contributed by atoms with Crippen LogP contribution in [-0.2, 0) is 11.4 Å². The third kappa shape index (κ3) is 5.34. The molecule has 0 aliphatic heterocycles. The zero-order valence-corrected chi connectivity index (χ0v) is 14.9. The number of hydrazine groups is 1. The van der Waals surface area contributed by atoms with Gasteiger partial charge in [0.2, 0.25) is 5.91 Å². The number of hydrogen-bond donors (Lipinski definition) is 2. The molecule has 1 aromatic heterocycles. The third-order valence-corrected chi connectivity index (χ3v) is 3.59. The monoisotopic (exact) mass is 345 g/mol. The van der Waals surface area contributed by atoms with Gasteiger partial charge in [0.15, 0.2) is 0 Å². The fourth-order valence-corrected chi connectivity index (χ4v) is 2.19. The van der Waals surface area contributed by atoms with Crippen molar-refractivity contribution in [2.45, 2.75) is 40.7 Å². The molecule has 1 aromatic carbocycles. The van der Waals surface area contributed by atoms with Crippen LogP contribution < -0.4 is 15.6 Å². The lowest BCUT2D eigenvalue weighted by atomic mass is 10.1. The van der Waals surface area contributed by atoms with E-state index in [1.165, 1.54) is 0 Å². The summed E-state index contributed by atoms with van der Waals surface area (Å²) >= 11 is 0. The van der Waals surface area contributed by atoms with Gasteiger partial charge >= 0.3 is 0 Å². The molecule has 0 aliphatic rings. The van der Waals surface area contributed by atoms with Gasteiger partial charge in [-0.1, -0.05) is 19.0 Å². The molecule has 7 nitrogen and oxygen atoms in total. The first-order chi connectivity index (χ1) is 11.9. The molecule has 0 aliphatic carbocycles. The van der Waals surface area contributed by atoms with Gasteiger partial charge in [-0.3, -0.25) is 20.4 Å². The second-order valence-corrected chi connectivity index (χ2v) is 6.22. The maximum atomic E-state index is 12.0. The highest BCUT2D eigenvalue weighted by Gasteiger charge is 2.11. The standard InChI is InChI=1S/C18H23N3O4/c1-11(2)9-17(22)19-20-18(23)14-5-7-15(8-6-14)24-10-16-12(3)21-25-13(16)4/h5-8,11H,9-10H2,1-4H3,(H,19,22)(H,20,23). The molecule has 0 saturated heterocycles. The SMILES string of the molecule is Cc1noc(C)c1COc1ccc(C(=O)NNC(=O)CC(C)C)cc1. The Morgan fingerprint density at radius 1 is 1.16 bits per heavy atom. The quantitative estimate of drug-likeness (QED) is 0.785. The Morgan fingerprint density at radius 2 is 1.84 bits per heavy atom. The summed E-state index contributed by atoms with van der Waals surface area (Å²) in [7, 11) is 0. The number of rotatable bonds is 6. The third-order valence-electron chi connectivity index (χ3n) is 3.59. The van der Waals surface area contributed by atoms with Crippen LogP contribution in [0.25, 0.3) is 0 Å². The van der Waals surface area contributed by atoms with Crippen LogP contribution in [0.15, 0.2) is 28.8 Å².